The summed E-state index contributed by atoms with van der Waals surface area (Å²) in [5.74, 6) is 0.659. The molecule has 0 saturated heterocycles. The summed E-state index contributed by atoms with van der Waals surface area (Å²) in [4.78, 5) is 15.2. The Hall–Kier alpha value is -1.58. The molecule has 0 atom stereocenters. The molecule has 0 spiro atoms. The minimum atomic E-state index is 0.0771. The molecule has 0 aliphatic heterocycles. The van der Waals surface area contributed by atoms with Gasteiger partial charge in [-0.3, -0.25) is 4.79 Å². The van der Waals surface area contributed by atoms with Crippen LogP contribution in [0.5, 0.6) is 5.88 Å². The second-order valence-corrected chi connectivity index (χ2v) is 3.24. The molecule has 1 aromatic heterocycles. The first kappa shape index (κ1) is 11.5. The number of rotatable bonds is 5. The molecule has 0 aliphatic carbocycles. The van der Waals surface area contributed by atoms with E-state index in [1.165, 1.54) is 0 Å². The van der Waals surface area contributed by atoms with E-state index in [4.69, 9.17) is 4.74 Å². The predicted octanol–water partition coefficient (Wildman–Crippen LogP) is 1.51. The minimum absolute atomic E-state index is 0.0771. The van der Waals surface area contributed by atoms with E-state index in [-0.39, 0.29) is 5.91 Å². The lowest BCUT2D eigenvalue weighted by Gasteiger charge is -2.04. The van der Waals surface area contributed by atoms with Crippen LogP contribution in [0.4, 0.5) is 0 Å². The molecule has 1 N–H and O–H groups in total. The second kappa shape index (κ2) is 6.01. The van der Waals surface area contributed by atoms with Crippen LogP contribution in [0.3, 0.4) is 0 Å². The van der Waals surface area contributed by atoms with Crippen molar-refractivity contribution >= 4 is 5.91 Å². The lowest BCUT2D eigenvalue weighted by molar-refractivity contribution is -0.121. The fraction of sp³-hybridized carbons (Fsp3) is 0.455. The predicted molar refractivity (Wildman–Crippen MR) is 57.5 cm³/mol. The lowest BCUT2D eigenvalue weighted by atomic mass is 10.2. The van der Waals surface area contributed by atoms with Gasteiger partial charge in [0.2, 0.25) is 11.8 Å². The van der Waals surface area contributed by atoms with Gasteiger partial charge in [-0.2, -0.15) is 0 Å². The third-order valence-electron chi connectivity index (χ3n) is 1.97. The third-order valence-corrected chi connectivity index (χ3v) is 1.97. The highest BCUT2D eigenvalue weighted by molar-refractivity contribution is 5.75. The summed E-state index contributed by atoms with van der Waals surface area (Å²) in [6.45, 7) is 2.50. The smallest absolute Gasteiger partial charge is 0.220 e. The maximum atomic E-state index is 11.2. The molecule has 0 radical (unpaired) electrons. The number of hydrogen-bond donors (Lipinski definition) is 1. The third kappa shape index (κ3) is 3.97. The number of aromatic nitrogens is 1. The molecule has 1 amide bonds. The van der Waals surface area contributed by atoms with E-state index in [0.29, 0.717) is 18.8 Å². The number of pyridine rings is 1. The number of hydrogen-bond acceptors (Lipinski definition) is 3. The van der Waals surface area contributed by atoms with Crippen molar-refractivity contribution in [3.05, 3.63) is 23.9 Å². The van der Waals surface area contributed by atoms with Crippen LogP contribution < -0.4 is 10.1 Å². The Labute approximate surface area is 89.7 Å². The van der Waals surface area contributed by atoms with Crippen molar-refractivity contribution in [2.24, 2.45) is 0 Å². The molecular weight excluding hydrogens is 192 g/mol. The van der Waals surface area contributed by atoms with Gasteiger partial charge in [0.1, 0.15) is 0 Å². The van der Waals surface area contributed by atoms with Crippen molar-refractivity contribution < 1.29 is 9.53 Å². The van der Waals surface area contributed by atoms with Gasteiger partial charge in [-0.15, -0.1) is 0 Å². The van der Waals surface area contributed by atoms with Gasteiger partial charge in [0.15, 0.2) is 0 Å². The van der Waals surface area contributed by atoms with Gasteiger partial charge in [0.05, 0.1) is 7.11 Å². The molecule has 1 aromatic rings. The van der Waals surface area contributed by atoms with Gasteiger partial charge >= 0.3 is 0 Å². The summed E-state index contributed by atoms with van der Waals surface area (Å²) >= 11 is 0. The first-order valence-corrected chi connectivity index (χ1v) is 5.02. The Morgan fingerprint density at radius 2 is 2.33 bits per heavy atom. The minimum Gasteiger partial charge on any atom is -0.481 e. The Bertz CT molecular complexity index is 309. The van der Waals surface area contributed by atoms with Crippen LogP contribution in [0.15, 0.2) is 18.3 Å². The molecule has 0 aromatic carbocycles. The second-order valence-electron chi connectivity index (χ2n) is 3.24. The monoisotopic (exact) mass is 208 g/mol. The molecule has 82 valence electrons. The largest absolute Gasteiger partial charge is 0.481 e. The lowest BCUT2D eigenvalue weighted by Crippen LogP contribution is -2.22. The van der Waals surface area contributed by atoms with Crippen molar-refractivity contribution in [1.82, 2.24) is 10.3 Å². The Morgan fingerprint density at radius 3 is 2.87 bits per heavy atom. The van der Waals surface area contributed by atoms with Gasteiger partial charge < -0.3 is 10.1 Å². The van der Waals surface area contributed by atoms with E-state index in [9.17, 15) is 4.79 Å². The molecule has 0 fully saturated rings. The van der Waals surface area contributed by atoms with Gasteiger partial charge in [-0.25, -0.2) is 4.98 Å². The number of nitrogens with one attached hydrogen (secondary N) is 1. The highest BCUT2D eigenvalue weighted by Gasteiger charge is 1.99. The van der Waals surface area contributed by atoms with Crippen molar-refractivity contribution in [3.8, 4) is 5.88 Å². The number of ether oxygens (including phenoxy) is 1. The summed E-state index contributed by atoms with van der Waals surface area (Å²) in [7, 11) is 1.57. The zero-order chi connectivity index (χ0) is 11.1. The summed E-state index contributed by atoms with van der Waals surface area (Å²) in [5, 5.41) is 2.82. The highest BCUT2D eigenvalue weighted by atomic mass is 16.5. The average molecular weight is 208 g/mol. The molecule has 0 bridgehead atoms. The summed E-state index contributed by atoms with van der Waals surface area (Å²) in [6, 6.07) is 3.67. The highest BCUT2D eigenvalue weighted by Crippen LogP contribution is 2.06. The van der Waals surface area contributed by atoms with Crippen LogP contribution in [0, 0.1) is 0 Å². The van der Waals surface area contributed by atoms with Crippen LogP contribution in [0.2, 0.25) is 0 Å². The zero-order valence-electron chi connectivity index (χ0n) is 9.12. The van der Waals surface area contributed by atoms with Gasteiger partial charge in [0.25, 0.3) is 0 Å². The molecule has 0 unspecified atom stereocenters. The van der Waals surface area contributed by atoms with E-state index < -0.39 is 0 Å². The number of nitrogens with zero attached hydrogens (tertiary/aromatic N) is 1. The Morgan fingerprint density at radius 1 is 1.53 bits per heavy atom. The van der Waals surface area contributed by atoms with Crippen LogP contribution in [0.25, 0.3) is 0 Å². The van der Waals surface area contributed by atoms with E-state index in [0.717, 1.165) is 12.0 Å². The average Bonchev–Trinajstić information content (AvgIpc) is 2.27. The van der Waals surface area contributed by atoms with Crippen molar-refractivity contribution in [2.45, 2.75) is 26.3 Å². The summed E-state index contributed by atoms with van der Waals surface area (Å²) in [5.41, 5.74) is 0.972. The zero-order valence-corrected chi connectivity index (χ0v) is 9.12. The maximum absolute atomic E-state index is 11.2. The van der Waals surface area contributed by atoms with Crippen molar-refractivity contribution in [2.75, 3.05) is 7.11 Å². The van der Waals surface area contributed by atoms with E-state index in [1.807, 2.05) is 13.0 Å². The number of methoxy groups -OCH3 is 1. The first-order valence-electron chi connectivity index (χ1n) is 5.02. The van der Waals surface area contributed by atoms with Crippen LogP contribution in [0.1, 0.15) is 25.3 Å². The maximum Gasteiger partial charge on any atom is 0.220 e. The van der Waals surface area contributed by atoms with Crippen LogP contribution >= 0.6 is 0 Å². The molecule has 0 aliphatic rings. The van der Waals surface area contributed by atoms with Crippen molar-refractivity contribution in [1.29, 1.82) is 0 Å². The molecule has 4 heteroatoms. The topological polar surface area (TPSA) is 51.2 Å². The van der Waals surface area contributed by atoms with Crippen molar-refractivity contribution in [3.63, 3.8) is 0 Å². The van der Waals surface area contributed by atoms with Gasteiger partial charge in [-0.1, -0.05) is 13.0 Å². The number of carbonyl (C=O) groups excluding carboxylic acids is 1. The molecule has 0 saturated carbocycles. The number of amides is 1. The van der Waals surface area contributed by atoms with E-state index in [2.05, 4.69) is 10.3 Å². The fourth-order valence-corrected chi connectivity index (χ4v) is 1.15. The normalized spacial score (nSPS) is 9.73. The molecule has 1 rings (SSSR count). The summed E-state index contributed by atoms with van der Waals surface area (Å²) in [6.07, 6.45) is 3.14. The Kier molecular flexibility index (Phi) is 4.60. The van der Waals surface area contributed by atoms with E-state index in [1.54, 1.807) is 19.4 Å². The SMILES string of the molecule is CCCC(=O)NCc1ccc(OC)nc1. The van der Waals surface area contributed by atoms with Crippen LogP contribution in [-0.4, -0.2) is 18.0 Å². The molecular formula is C11H16N2O2. The molecule has 15 heavy (non-hydrogen) atoms. The quantitative estimate of drug-likeness (QED) is 0.798. The van der Waals surface area contributed by atoms with E-state index >= 15 is 0 Å². The van der Waals surface area contributed by atoms with Gasteiger partial charge in [0, 0.05) is 25.2 Å². The standard InChI is InChI=1S/C11H16N2O2/c1-3-4-10(14)12-7-9-5-6-11(15-2)13-8-9/h5-6,8H,3-4,7H2,1-2H3,(H,12,14). The fourth-order valence-electron chi connectivity index (χ4n) is 1.15. The number of carbonyl (C=O) groups is 1. The first-order chi connectivity index (χ1) is 7.26. The Balaban J connectivity index is 2.40. The molecule has 4 nitrogen and oxygen atoms in total. The molecule has 1 heterocycles. The van der Waals surface area contributed by atoms with Crippen LogP contribution in [-0.2, 0) is 11.3 Å². The summed E-state index contributed by atoms with van der Waals surface area (Å²) < 4.78 is 4.93. The van der Waals surface area contributed by atoms with Gasteiger partial charge in [-0.05, 0) is 12.0 Å².